The summed E-state index contributed by atoms with van der Waals surface area (Å²) >= 11 is 0. The number of ether oxygens (including phenoxy) is 1. The number of carbonyl (C=O) groups excluding carboxylic acids is 1. The van der Waals surface area contributed by atoms with Crippen molar-refractivity contribution in [3.63, 3.8) is 0 Å². The predicted molar refractivity (Wildman–Crippen MR) is 81.1 cm³/mol. The van der Waals surface area contributed by atoms with Crippen LogP contribution in [-0.2, 0) is 4.79 Å². The Morgan fingerprint density at radius 1 is 1.35 bits per heavy atom. The third-order valence-electron chi connectivity index (χ3n) is 4.11. The van der Waals surface area contributed by atoms with Gasteiger partial charge in [-0.25, -0.2) is 0 Å². The Bertz CT molecular complexity index is 454. The first-order chi connectivity index (χ1) is 9.61. The molecule has 1 atom stereocenters. The van der Waals surface area contributed by atoms with Gasteiger partial charge in [-0.05, 0) is 50.9 Å². The van der Waals surface area contributed by atoms with Crippen LogP contribution in [0, 0.1) is 5.92 Å². The number of piperidine rings is 1. The monoisotopic (exact) mass is 276 g/mol. The number of nitrogens with zero attached hydrogens (tertiary/aromatic N) is 1. The molecule has 1 aromatic carbocycles. The summed E-state index contributed by atoms with van der Waals surface area (Å²) in [7, 11) is 1.61. The van der Waals surface area contributed by atoms with Crippen molar-refractivity contribution in [1.82, 2.24) is 4.90 Å². The number of methoxy groups -OCH3 is 1. The molecule has 1 fully saturated rings. The highest BCUT2D eigenvalue weighted by molar-refractivity contribution is 5.95. The molecule has 0 unspecified atom stereocenters. The summed E-state index contributed by atoms with van der Waals surface area (Å²) in [6, 6.07) is 7.40. The lowest BCUT2D eigenvalue weighted by Crippen LogP contribution is -2.45. The van der Waals surface area contributed by atoms with E-state index >= 15 is 0 Å². The normalized spacial score (nSPS) is 18.6. The minimum atomic E-state index is -0.104. The van der Waals surface area contributed by atoms with Crippen LogP contribution in [0.5, 0.6) is 5.75 Å². The van der Waals surface area contributed by atoms with Crippen molar-refractivity contribution in [2.75, 3.05) is 25.5 Å². The Morgan fingerprint density at radius 3 is 2.65 bits per heavy atom. The Labute approximate surface area is 121 Å². The highest BCUT2D eigenvalue weighted by atomic mass is 16.5. The van der Waals surface area contributed by atoms with Crippen LogP contribution in [0.15, 0.2) is 24.3 Å². The number of nitrogens with one attached hydrogen (secondary N) is 1. The molecule has 1 N–H and O–H groups in total. The number of hydrogen-bond acceptors (Lipinski definition) is 3. The summed E-state index contributed by atoms with van der Waals surface area (Å²) in [6.07, 6.45) is 2.35. The maximum absolute atomic E-state index is 12.4. The van der Waals surface area contributed by atoms with Crippen molar-refractivity contribution in [3.05, 3.63) is 24.3 Å². The average Bonchev–Trinajstić information content (AvgIpc) is 2.48. The molecule has 1 aliphatic heterocycles. The largest absolute Gasteiger partial charge is 0.495 e. The smallest absolute Gasteiger partial charge is 0.241 e. The van der Waals surface area contributed by atoms with Crippen LogP contribution < -0.4 is 10.1 Å². The molecular formula is C16H24N2O2. The Morgan fingerprint density at radius 2 is 2.00 bits per heavy atom. The molecule has 1 saturated heterocycles. The fourth-order valence-corrected chi connectivity index (χ4v) is 2.57. The van der Waals surface area contributed by atoms with Gasteiger partial charge in [0.05, 0.1) is 18.8 Å². The molecule has 1 aromatic rings. The van der Waals surface area contributed by atoms with Crippen LogP contribution in [0.3, 0.4) is 0 Å². The fourth-order valence-electron chi connectivity index (χ4n) is 2.57. The minimum Gasteiger partial charge on any atom is -0.495 e. The van der Waals surface area contributed by atoms with Crippen LogP contribution in [0.1, 0.15) is 26.7 Å². The van der Waals surface area contributed by atoms with Gasteiger partial charge in [0.25, 0.3) is 0 Å². The van der Waals surface area contributed by atoms with Crippen LogP contribution >= 0.6 is 0 Å². The summed E-state index contributed by atoms with van der Waals surface area (Å²) in [5, 5.41) is 2.96. The molecule has 4 nitrogen and oxygen atoms in total. The van der Waals surface area contributed by atoms with Gasteiger partial charge in [-0.15, -0.1) is 0 Å². The highest BCUT2D eigenvalue weighted by Crippen LogP contribution is 2.24. The first-order valence-corrected chi connectivity index (χ1v) is 7.29. The van der Waals surface area contributed by atoms with Gasteiger partial charge in [-0.2, -0.15) is 0 Å². The van der Waals surface area contributed by atoms with E-state index in [0.717, 1.165) is 24.7 Å². The molecular weight excluding hydrogens is 252 g/mol. The fraction of sp³-hybridized carbons (Fsp3) is 0.562. The third-order valence-corrected chi connectivity index (χ3v) is 4.11. The van der Waals surface area contributed by atoms with Crippen LogP contribution in [0.2, 0.25) is 0 Å². The summed E-state index contributed by atoms with van der Waals surface area (Å²) in [5.74, 6) is 1.50. The zero-order chi connectivity index (χ0) is 14.5. The second-order valence-corrected chi connectivity index (χ2v) is 5.58. The van der Waals surface area contributed by atoms with Gasteiger partial charge in [0, 0.05) is 0 Å². The molecule has 1 amide bonds. The van der Waals surface area contributed by atoms with Crippen LogP contribution in [0.25, 0.3) is 0 Å². The molecule has 110 valence electrons. The number of anilines is 1. The number of carbonyl (C=O) groups is 1. The van der Waals surface area contributed by atoms with Gasteiger partial charge in [0.2, 0.25) is 5.91 Å². The lowest BCUT2D eigenvalue weighted by Gasteiger charge is -2.34. The molecule has 0 aliphatic carbocycles. The van der Waals surface area contributed by atoms with Crippen molar-refractivity contribution in [3.8, 4) is 5.75 Å². The molecule has 0 spiro atoms. The van der Waals surface area contributed by atoms with Gasteiger partial charge in [0.15, 0.2) is 0 Å². The second-order valence-electron chi connectivity index (χ2n) is 5.58. The molecule has 4 heteroatoms. The number of rotatable bonds is 4. The molecule has 1 aliphatic rings. The molecule has 0 saturated carbocycles. The van der Waals surface area contributed by atoms with E-state index in [4.69, 9.17) is 4.74 Å². The molecule has 2 rings (SSSR count). The van der Waals surface area contributed by atoms with E-state index in [2.05, 4.69) is 17.1 Å². The summed E-state index contributed by atoms with van der Waals surface area (Å²) < 4.78 is 5.26. The van der Waals surface area contributed by atoms with Gasteiger partial charge < -0.3 is 10.1 Å². The zero-order valence-electron chi connectivity index (χ0n) is 12.6. The third kappa shape index (κ3) is 3.51. The molecule has 0 bridgehead atoms. The molecule has 20 heavy (non-hydrogen) atoms. The van der Waals surface area contributed by atoms with Gasteiger partial charge in [0.1, 0.15) is 5.75 Å². The SMILES string of the molecule is COc1ccccc1NC(=O)[C@@H](C)N1CCC(C)CC1. The van der Waals surface area contributed by atoms with Crippen LogP contribution in [0.4, 0.5) is 5.69 Å². The number of amides is 1. The Kier molecular flexibility index (Phi) is 5.01. The predicted octanol–water partition coefficient (Wildman–Crippen LogP) is 2.75. The maximum Gasteiger partial charge on any atom is 0.241 e. The summed E-state index contributed by atoms with van der Waals surface area (Å²) in [4.78, 5) is 14.6. The van der Waals surface area contributed by atoms with Crippen molar-refractivity contribution in [2.24, 2.45) is 5.92 Å². The van der Waals surface area contributed by atoms with Gasteiger partial charge >= 0.3 is 0 Å². The van der Waals surface area contributed by atoms with E-state index in [9.17, 15) is 4.79 Å². The lowest BCUT2D eigenvalue weighted by atomic mass is 9.98. The topological polar surface area (TPSA) is 41.6 Å². The Balaban J connectivity index is 1.97. The van der Waals surface area contributed by atoms with Crippen molar-refractivity contribution in [1.29, 1.82) is 0 Å². The molecule has 1 heterocycles. The average molecular weight is 276 g/mol. The van der Waals surface area contributed by atoms with E-state index in [1.54, 1.807) is 7.11 Å². The second kappa shape index (κ2) is 6.75. The van der Waals surface area contributed by atoms with Gasteiger partial charge in [-0.3, -0.25) is 9.69 Å². The van der Waals surface area contributed by atoms with Crippen molar-refractivity contribution < 1.29 is 9.53 Å². The van der Waals surface area contributed by atoms with Crippen LogP contribution in [-0.4, -0.2) is 37.0 Å². The number of likely N-dealkylation sites (tertiary alicyclic amines) is 1. The van der Waals surface area contributed by atoms with E-state index < -0.39 is 0 Å². The zero-order valence-corrected chi connectivity index (χ0v) is 12.6. The minimum absolute atomic E-state index is 0.0315. The van der Waals surface area contributed by atoms with E-state index in [0.29, 0.717) is 5.75 Å². The lowest BCUT2D eigenvalue weighted by molar-refractivity contribution is -0.121. The Hall–Kier alpha value is -1.55. The highest BCUT2D eigenvalue weighted by Gasteiger charge is 2.25. The number of para-hydroxylation sites is 2. The number of hydrogen-bond donors (Lipinski definition) is 1. The quantitative estimate of drug-likeness (QED) is 0.919. The van der Waals surface area contributed by atoms with Gasteiger partial charge in [-0.1, -0.05) is 19.1 Å². The summed E-state index contributed by atoms with van der Waals surface area (Å²) in [6.45, 7) is 6.25. The van der Waals surface area contributed by atoms with E-state index in [1.807, 2.05) is 31.2 Å². The van der Waals surface area contributed by atoms with E-state index in [-0.39, 0.29) is 11.9 Å². The maximum atomic E-state index is 12.4. The van der Waals surface area contributed by atoms with Crippen molar-refractivity contribution in [2.45, 2.75) is 32.7 Å². The standard InChI is InChI=1S/C16H24N2O2/c1-12-8-10-18(11-9-12)13(2)16(19)17-14-6-4-5-7-15(14)20-3/h4-7,12-13H,8-11H2,1-3H3,(H,17,19)/t13-/m1/s1. The first kappa shape index (κ1) is 14.9. The number of benzene rings is 1. The summed E-state index contributed by atoms with van der Waals surface area (Å²) in [5.41, 5.74) is 0.734. The first-order valence-electron chi connectivity index (χ1n) is 7.29. The van der Waals surface area contributed by atoms with E-state index in [1.165, 1.54) is 12.8 Å². The van der Waals surface area contributed by atoms with Crippen molar-refractivity contribution >= 4 is 11.6 Å². The molecule has 0 aromatic heterocycles. The molecule has 0 radical (unpaired) electrons.